The number of hydrogen-bond acceptors (Lipinski definition) is 4. The number of thiazole rings is 1. The number of para-hydroxylation sites is 1. The molecule has 0 aliphatic heterocycles. The van der Waals surface area contributed by atoms with Crippen LogP contribution in [-0.2, 0) is 6.54 Å². The fraction of sp³-hybridized carbons (Fsp3) is 0.105. The SMILES string of the molecule is Cc1ncsc1C(=O)Nc1nn(Cc2ccc(Cl)cc2)c2ccccc12. The lowest BCUT2D eigenvalue weighted by Gasteiger charge is -2.04. The Morgan fingerprint density at radius 3 is 2.69 bits per heavy atom. The molecular formula is C19H15ClN4OS. The fourth-order valence-corrected chi connectivity index (χ4v) is 3.61. The van der Waals surface area contributed by atoms with Crippen LogP contribution in [0.15, 0.2) is 54.0 Å². The van der Waals surface area contributed by atoms with Gasteiger partial charge in [-0.2, -0.15) is 5.10 Å². The third-order valence-electron chi connectivity index (χ3n) is 4.09. The number of fused-ring (bicyclic) bond motifs is 1. The molecule has 2 heterocycles. The molecule has 2 aromatic carbocycles. The molecule has 0 aliphatic carbocycles. The van der Waals surface area contributed by atoms with Crippen molar-refractivity contribution in [2.45, 2.75) is 13.5 Å². The van der Waals surface area contributed by atoms with E-state index in [0.29, 0.717) is 22.3 Å². The number of amides is 1. The van der Waals surface area contributed by atoms with Crippen LogP contribution in [0.2, 0.25) is 5.02 Å². The lowest BCUT2D eigenvalue weighted by atomic mass is 10.2. The van der Waals surface area contributed by atoms with E-state index in [1.807, 2.05) is 60.1 Å². The molecule has 0 saturated heterocycles. The minimum Gasteiger partial charge on any atom is -0.304 e. The molecule has 130 valence electrons. The second-order valence-corrected chi connectivity index (χ2v) is 7.16. The second kappa shape index (κ2) is 6.90. The van der Waals surface area contributed by atoms with Gasteiger partial charge in [-0.1, -0.05) is 35.9 Å². The van der Waals surface area contributed by atoms with Crippen LogP contribution in [0.4, 0.5) is 5.82 Å². The lowest BCUT2D eigenvalue weighted by Crippen LogP contribution is -2.12. The smallest absolute Gasteiger partial charge is 0.268 e. The van der Waals surface area contributed by atoms with Crippen LogP contribution in [0.5, 0.6) is 0 Å². The van der Waals surface area contributed by atoms with Gasteiger partial charge in [0.1, 0.15) is 4.88 Å². The first-order chi connectivity index (χ1) is 12.6. The molecule has 4 rings (SSSR count). The summed E-state index contributed by atoms with van der Waals surface area (Å²) >= 11 is 7.28. The predicted octanol–water partition coefficient (Wildman–Crippen LogP) is 4.76. The van der Waals surface area contributed by atoms with Gasteiger partial charge >= 0.3 is 0 Å². The number of rotatable bonds is 4. The summed E-state index contributed by atoms with van der Waals surface area (Å²) in [5.74, 6) is 0.360. The molecule has 1 amide bonds. The highest BCUT2D eigenvalue weighted by molar-refractivity contribution is 7.12. The topological polar surface area (TPSA) is 59.8 Å². The van der Waals surface area contributed by atoms with Gasteiger partial charge in [0.2, 0.25) is 0 Å². The van der Waals surface area contributed by atoms with E-state index in [4.69, 9.17) is 11.6 Å². The van der Waals surface area contributed by atoms with E-state index in [-0.39, 0.29) is 5.91 Å². The number of anilines is 1. The van der Waals surface area contributed by atoms with Crippen molar-refractivity contribution in [1.29, 1.82) is 0 Å². The summed E-state index contributed by atoms with van der Waals surface area (Å²) in [5.41, 5.74) is 4.43. The zero-order chi connectivity index (χ0) is 18.1. The molecule has 4 aromatic rings. The van der Waals surface area contributed by atoms with Crippen molar-refractivity contribution >= 4 is 45.6 Å². The summed E-state index contributed by atoms with van der Waals surface area (Å²) < 4.78 is 1.88. The van der Waals surface area contributed by atoms with Gasteiger partial charge in [-0.05, 0) is 36.8 Å². The molecule has 0 atom stereocenters. The highest BCUT2D eigenvalue weighted by Crippen LogP contribution is 2.25. The largest absolute Gasteiger partial charge is 0.304 e. The molecular weight excluding hydrogens is 368 g/mol. The number of hydrogen-bond donors (Lipinski definition) is 1. The number of nitrogens with one attached hydrogen (secondary N) is 1. The Hall–Kier alpha value is -2.70. The van der Waals surface area contributed by atoms with E-state index in [1.54, 1.807) is 5.51 Å². The van der Waals surface area contributed by atoms with Gasteiger partial charge in [0, 0.05) is 10.4 Å². The number of aromatic nitrogens is 3. The van der Waals surface area contributed by atoms with Crippen molar-refractivity contribution in [2.75, 3.05) is 5.32 Å². The summed E-state index contributed by atoms with van der Waals surface area (Å²) in [6.45, 7) is 2.41. The lowest BCUT2D eigenvalue weighted by molar-refractivity contribution is 0.102. The Balaban J connectivity index is 1.68. The molecule has 0 bridgehead atoms. The average Bonchev–Trinajstić information content (AvgIpc) is 3.22. The molecule has 0 fully saturated rings. The molecule has 0 saturated carbocycles. The standard InChI is InChI=1S/C19H15ClN4OS/c1-12-17(26-11-21-12)19(25)22-18-15-4-2-3-5-16(15)24(23-18)10-13-6-8-14(20)9-7-13/h2-9,11H,10H2,1H3,(H,22,23,25). The normalized spacial score (nSPS) is 11.0. The number of halogens is 1. The van der Waals surface area contributed by atoms with E-state index in [9.17, 15) is 4.79 Å². The van der Waals surface area contributed by atoms with Crippen LogP contribution in [0.25, 0.3) is 10.9 Å². The van der Waals surface area contributed by atoms with Crippen molar-refractivity contribution in [3.63, 3.8) is 0 Å². The van der Waals surface area contributed by atoms with Gasteiger partial charge in [0.15, 0.2) is 5.82 Å². The van der Waals surface area contributed by atoms with Crippen molar-refractivity contribution in [3.05, 3.63) is 75.2 Å². The minimum absolute atomic E-state index is 0.188. The van der Waals surface area contributed by atoms with E-state index < -0.39 is 0 Å². The summed E-state index contributed by atoms with van der Waals surface area (Å²) in [6, 6.07) is 15.5. The van der Waals surface area contributed by atoms with E-state index in [1.165, 1.54) is 11.3 Å². The predicted molar refractivity (Wildman–Crippen MR) is 105 cm³/mol. The van der Waals surface area contributed by atoms with Crippen molar-refractivity contribution in [2.24, 2.45) is 0 Å². The van der Waals surface area contributed by atoms with Crippen molar-refractivity contribution in [3.8, 4) is 0 Å². The molecule has 2 aromatic heterocycles. The second-order valence-electron chi connectivity index (χ2n) is 5.87. The van der Waals surface area contributed by atoms with Crippen molar-refractivity contribution in [1.82, 2.24) is 14.8 Å². The Morgan fingerprint density at radius 1 is 1.19 bits per heavy atom. The van der Waals surface area contributed by atoms with Crippen LogP contribution in [0.1, 0.15) is 20.9 Å². The number of benzene rings is 2. The molecule has 0 spiro atoms. The summed E-state index contributed by atoms with van der Waals surface area (Å²) in [7, 11) is 0. The molecule has 7 heteroatoms. The average molecular weight is 383 g/mol. The van der Waals surface area contributed by atoms with E-state index in [2.05, 4.69) is 15.4 Å². The third-order valence-corrected chi connectivity index (χ3v) is 5.27. The number of nitrogens with zero attached hydrogens (tertiary/aromatic N) is 3. The van der Waals surface area contributed by atoms with Crippen molar-refractivity contribution < 1.29 is 4.79 Å². The first-order valence-electron chi connectivity index (χ1n) is 8.03. The highest BCUT2D eigenvalue weighted by Gasteiger charge is 2.16. The van der Waals surface area contributed by atoms with Gasteiger partial charge < -0.3 is 5.32 Å². The van der Waals surface area contributed by atoms with Crippen LogP contribution < -0.4 is 5.32 Å². The van der Waals surface area contributed by atoms with Gasteiger partial charge in [-0.3, -0.25) is 9.48 Å². The molecule has 5 nitrogen and oxygen atoms in total. The Bertz CT molecular complexity index is 1080. The fourth-order valence-electron chi connectivity index (χ4n) is 2.79. The van der Waals surface area contributed by atoms with Gasteiger partial charge in [-0.25, -0.2) is 4.98 Å². The highest BCUT2D eigenvalue weighted by atomic mass is 35.5. The monoisotopic (exact) mass is 382 g/mol. The number of carbonyl (C=O) groups excluding carboxylic acids is 1. The van der Waals surface area contributed by atoms with Gasteiger partial charge in [-0.15, -0.1) is 11.3 Å². The Morgan fingerprint density at radius 2 is 1.96 bits per heavy atom. The molecule has 26 heavy (non-hydrogen) atoms. The number of aryl methyl sites for hydroxylation is 1. The van der Waals surface area contributed by atoms with Gasteiger partial charge in [0.05, 0.1) is 23.3 Å². The van der Waals surface area contributed by atoms with Gasteiger partial charge in [0.25, 0.3) is 5.91 Å². The summed E-state index contributed by atoms with van der Waals surface area (Å²) in [5, 5.41) is 9.15. The first-order valence-corrected chi connectivity index (χ1v) is 9.29. The van der Waals surface area contributed by atoms with Crippen LogP contribution in [-0.4, -0.2) is 20.7 Å². The summed E-state index contributed by atoms with van der Waals surface area (Å²) in [4.78, 5) is 17.3. The number of carbonyl (C=O) groups is 1. The maximum absolute atomic E-state index is 12.5. The maximum atomic E-state index is 12.5. The molecule has 1 N–H and O–H groups in total. The van der Waals surface area contributed by atoms with E-state index in [0.717, 1.165) is 22.2 Å². The van der Waals surface area contributed by atoms with Crippen LogP contribution in [0, 0.1) is 6.92 Å². The first kappa shape index (κ1) is 16.8. The zero-order valence-electron chi connectivity index (χ0n) is 13.9. The zero-order valence-corrected chi connectivity index (χ0v) is 15.5. The van der Waals surface area contributed by atoms with Crippen LogP contribution >= 0.6 is 22.9 Å². The van der Waals surface area contributed by atoms with E-state index >= 15 is 0 Å². The minimum atomic E-state index is -0.188. The maximum Gasteiger partial charge on any atom is 0.268 e. The molecule has 0 unspecified atom stereocenters. The Kier molecular flexibility index (Phi) is 4.44. The molecule has 0 radical (unpaired) electrons. The molecule has 0 aliphatic rings. The quantitative estimate of drug-likeness (QED) is 0.553. The van der Waals surface area contributed by atoms with Crippen LogP contribution in [0.3, 0.4) is 0 Å². The third kappa shape index (κ3) is 3.21. The summed E-state index contributed by atoms with van der Waals surface area (Å²) in [6.07, 6.45) is 0. The Labute approximate surface area is 159 Å².